The van der Waals surface area contributed by atoms with Crippen molar-refractivity contribution in [1.29, 1.82) is 0 Å². The Balaban J connectivity index is 2.13. The van der Waals surface area contributed by atoms with Crippen LogP contribution in [0.25, 0.3) is 0 Å². The third-order valence-electron chi connectivity index (χ3n) is 3.28. The van der Waals surface area contributed by atoms with Crippen LogP contribution in [0.5, 0.6) is 0 Å². The molecule has 1 aromatic rings. The normalized spacial score (nSPS) is 17.8. The van der Waals surface area contributed by atoms with Crippen LogP contribution in [0.15, 0.2) is 23.4 Å². The molecule has 2 heterocycles. The van der Waals surface area contributed by atoms with Crippen LogP contribution in [-0.2, 0) is 14.8 Å². The quantitative estimate of drug-likeness (QED) is 0.851. The van der Waals surface area contributed by atoms with Gasteiger partial charge in [-0.25, -0.2) is 12.7 Å². The number of ether oxygens (including phenoxy) is 1. The minimum absolute atomic E-state index is 0.0613. The monoisotopic (exact) mass is 304 g/mol. The molecule has 1 aliphatic heterocycles. The van der Waals surface area contributed by atoms with Crippen molar-refractivity contribution in [3.05, 3.63) is 23.5 Å². The van der Waals surface area contributed by atoms with Gasteiger partial charge in [0.05, 0.1) is 5.02 Å². The fraction of sp³-hybridized carbons (Fsp3) is 0.583. The minimum Gasteiger partial charge on any atom is -0.381 e. The maximum absolute atomic E-state index is 12.4. The molecule has 0 amide bonds. The molecule has 0 unspecified atom stereocenters. The molecule has 0 atom stereocenters. The smallest absolute Gasteiger partial charge is 0.245 e. The predicted octanol–water partition coefficient (Wildman–Crippen LogP) is 1.78. The van der Waals surface area contributed by atoms with E-state index in [-0.39, 0.29) is 9.92 Å². The highest BCUT2D eigenvalue weighted by atomic mass is 35.5. The average molecular weight is 305 g/mol. The lowest BCUT2D eigenvalue weighted by atomic mass is 10.0. The molecule has 5 nitrogen and oxygen atoms in total. The van der Waals surface area contributed by atoms with E-state index >= 15 is 0 Å². The van der Waals surface area contributed by atoms with E-state index in [2.05, 4.69) is 4.98 Å². The predicted molar refractivity (Wildman–Crippen MR) is 72.6 cm³/mol. The Morgan fingerprint density at radius 2 is 2.16 bits per heavy atom. The number of hydrogen-bond acceptors (Lipinski definition) is 4. The van der Waals surface area contributed by atoms with Crippen molar-refractivity contribution in [3.8, 4) is 0 Å². The van der Waals surface area contributed by atoms with Crippen LogP contribution < -0.4 is 0 Å². The zero-order valence-electron chi connectivity index (χ0n) is 10.8. The molecule has 0 aromatic carbocycles. The molecule has 19 heavy (non-hydrogen) atoms. The number of nitrogens with zero attached hydrogens (tertiary/aromatic N) is 2. The molecule has 1 fully saturated rings. The molecule has 1 aromatic heterocycles. The van der Waals surface area contributed by atoms with Gasteiger partial charge in [-0.15, -0.1) is 0 Å². The highest BCUT2D eigenvalue weighted by Gasteiger charge is 2.26. The Bertz CT molecular complexity index is 530. The highest BCUT2D eigenvalue weighted by molar-refractivity contribution is 7.89. The van der Waals surface area contributed by atoms with E-state index in [4.69, 9.17) is 16.3 Å². The van der Waals surface area contributed by atoms with Crippen molar-refractivity contribution < 1.29 is 13.2 Å². The first kappa shape index (κ1) is 14.7. The van der Waals surface area contributed by atoms with Crippen LogP contribution in [0.2, 0.25) is 5.02 Å². The summed E-state index contributed by atoms with van der Waals surface area (Å²) in [6.07, 6.45) is 4.54. The SMILES string of the molecule is CN(CC1CCOCC1)S(=O)(=O)c1cnccc1Cl. The molecule has 1 aliphatic rings. The largest absolute Gasteiger partial charge is 0.381 e. The maximum atomic E-state index is 12.4. The second-order valence-electron chi connectivity index (χ2n) is 4.65. The molecular weight excluding hydrogens is 288 g/mol. The molecule has 0 spiro atoms. The third-order valence-corrected chi connectivity index (χ3v) is 5.57. The molecule has 0 N–H and O–H groups in total. The van der Waals surface area contributed by atoms with Gasteiger partial charge in [0.1, 0.15) is 4.90 Å². The topological polar surface area (TPSA) is 59.5 Å². The van der Waals surface area contributed by atoms with Crippen molar-refractivity contribution in [3.63, 3.8) is 0 Å². The lowest BCUT2D eigenvalue weighted by Gasteiger charge is -2.26. The van der Waals surface area contributed by atoms with Gasteiger partial charge in [0, 0.05) is 39.2 Å². The Hall–Kier alpha value is -0.690. The summed E-state index contributed by atoms with van der Waals surface area (Å²) in [7, 11) is -1.99. The molecule has 7 heteroatoms. The van der Waals surface area contributed by atoms with Crippen LogP contribution >= 0.6 is 11.6 Å². The van der Waals surface area contributed by atoms with Crippen molar-refractivity contribution in [2.75, 3.05) is 26.8 Å². The van der Waals surface area contributed by atoms with Crippen molar-refractivity contribution in [2.24, 2.45) is 5.92 Å². The minimum atomic E-state index is -3.57. The van der Waals surface area contributed by atoms with E-state index < -0.39 is 10.0 Å². The summed E-state index contributed by atoms with van der Waals surface area (Å²) >= 11 is 5.93. The Morgan fingerprint density at radius 1 is 1.47 bits per heavy atom. The molecule has 1 saturated heterocycles. The first-order chi connectivity index (χ1) is 9.01. The van der Waals surface area contributed by atoms with Gasteiger partial charge in [0.25, 0.3) is 0 Å². The van der Waals surface area contributed by atoms with Crippen LogP contribution in [0.3, 0.4) is 0 Å². The molecule has 0 radical (unpaired) electrons. The van der Waals surface area contributed by atoms with Gasteiger partial charge in [-0.3, -0.25) is 4.98 Å². The zero-order valence-corrected chi connectivity index (χ0v) is 12.3. The van der Waals surface area contributed by atoms with Crippen LogP contribution in [0.1, 0.15) is 12.8 Å². The first-order valence-corrected chi connectivity index (χ1v) is 7.97. The number of sulfonamides is 1. The van der Waals surface area contributed by atoms with Gasteiger partial charge < -0.3 is 4.74 Å². The van der Waals surface area contributed by atoms with Gasteiger partial charge in [-0.1, -0.05) is 11.6 Å². The van der Waals surface area contributed by atoms with Crippen LogP contribution in [-0.4, -0.2) is 44.5 Å². The van der Waals surface area contributed by atoms with E-state index in [1.807, 2.05) is 0 Å². The Kier molecular flexibility index (Phi) is 4.78. The number of pyridine rings is 1. The number of halogens is 1. The second-order valence-corrected chi connectivity index (χ2v) is 7.07. The lowest BCUT2D eigenvalue weighted by Crippen LogP contribution is -2.34. The fourth-order valence-corrected chi connectivity index (χ4v) is 3.76. The fourth-order valence-electron chi connectivity index (χ4n) is 2.11. The van der Waals surface area contributed by atoms with Gasteiger partial charge in [0.15, 0.2) is 0 Å². The summed E-state index contributed by atoms with van der Waals surface area (Å²) in [5.41, 5.74) is 0. The van der Waals surface area contributed by atoms with E-state index in [1.165, 1.54) is 22.8 Å². The number of aromatic nitrogens is 1. The highest BCUT2D eigenvalue weighted by Crippen LogP contribution is 2.24. The summed E-state index contributed by atoms with van der Waals surface area (Å²) in [5.74, 6) is 0.337. The van der Waals surface area contributed by atoms with Gasteiger partial charge in [-0.2, -0.15) is 0 Å². The summed E-state index contributed by atoms with van der Waals surface area (Å²) in [6.45, 7) is 1.88. The van der Waals surface area contributed by atoms with Crippen LogP contribution in [0, 0.1) is 5.92 Å². The third kappa shape index (κ3) is 3.45. The van der Waals surface area contributed by atoms with E-state index in [0.717, 1.165) is 12.8 Å². The Morgan fingerprint density at radius 3 is 2.79 bits per heavy atom. The number of hydrogen-bond donors (Lipinski definition) is 0. The molecule has 0 saturated carbocycles. The van der Waals surface area contributed by atoms with Gasteiger partial charge >= 0.3 is 0 Å². The van der Waals surface area contributed by atoms with Crippen molar-refractivity contribution in [2.45, 2.75) is 17.7 Å². The van der Waals surface area contributed by atoms with Crippen molar-refractivity contribution in [1.82, 2.24) is 9.29 Å². The Labute approximate surface area is 118 Å². The summed E-state index contributed by atoms with van der Waals surface area (Å²) < 4.78 is 31.4. The standard InChI is InChI=1S/C12H17ClN2O3S/c1-15(9-10-3-6-18-7-4-10)19(16,17)12-8-14-5-2-11(12)13/h2,5,8,10H,3-4,6-7,9H2,1H3. The van der Waals surface area contributed by atoms with E-state index in [0.29, 0.717) is 25.7 Å². The first-order valence-electron chi connectivity index (χ1n) is 6.15. The van der Waals surface area contributed by atoms with Gasteiger partial charge in [-0.05, 0) is 24.8 Å². The van der Waals surface area contributed by atoms with Gasteiger partial charge in [0.2, 0.25) is 10.0 Å². The van der Waals surface area contributed by atoms with Crippen molar-refractivity contribution >= 4 is 21.6 Å². The zero-order chi connectivity index (χ0) is 13.9. The molecular formula is C12H17ClN2O3S. The van der Waals surface area contributed by atoms with E-state index in [9.17, 15) is 8.42 Å². The summed E-state index contributed by atoms with van der Waals surface area (Å²) in [5, 5.41) is 0.203. The van der Waals surface area contributed by atoms with E-state index in [1.54, 1.807) is 7.05 Å². The maximum Gasteiger partial charge on any atom is 0.245 e. The second kappa shape index (κ2) is 6.17. The molecule has 0 aliphatic carbocycles. The van der Waals surface area contributed by atoms with Crippen LogP contribution in [0.4, 0.5) is 0 Å². The summed E-state index contributed by atoms with van der Waals surface area (Å²) in [4.78, 5) is 3.89. The average Bonchev–Trinajstić information content (AvgIpc) is 2.40. The number of rotatable bonds is 4. The molecule has 2 rings (SSSR count). The molecule has 106 valence electrons. The molecule has 0 bridgehead atoms. The summed E-state index contributed by atoms with van der Waals surface area (Å²) in [6, 6.07) is 1.48. The lowest BCUT2D eigenvalue weighted by molar-refractivity contribution is 0.0620.